The normalized spacial score (nSPS) is 38.7. The molecule has 0 bridgehead atoms. The van der Waals surface area contributed by atoms with Gasteiger partial charge in [0.25, 0.3) is 5.67 Å². The SMILES string of the molecule is CC[C@H]1OC(=O)[C@@](C)(F)C(=O)[C@H](C)[C@@H](O[C@@H]2O[C@H](C)C[C@H](N(C)C)[C@H]2O)[C@@](C)(OC)C[C@@H](C)C(=O)[C@H](C)[C@H]2N(C/C=C/Cn3cnc4cccnc43)C(=O)N[C@]12C. The summed E-state index contributed by atoms with van der Waals surface area (Å²) in [7, 11) is 5.05. The first kappa shape index (κ1) is 44.3. The average molecular weight is 801 g/mol. The number of carbonyl (C=O) groups is 4. The first-order valence-corrected chi connectivity index (χ1v) is 19.9. The van der Waals surface area contributed by atoms with Crippen molar-refractivity contribution >= 4 is 34.7 Å². The summed E-state index contributed by atoms with van der Waals surface area (Å²) in [5.74, 6) is -5.68. The van der Waals surface area contributed by atoms with Crippen molar-refractivity contribution in [3.8, 4) is 0 Å². The number of nitrogens with one attached hydrogen (secondary N) is 1. The number of allylic oxidation sites excluding steroid dienone is 1. The van der Waals surface area contributed by atoms with E-state index in [1.165, 1.54) is 18.9 Å². The Morgan fingerprint density at radius 2 is 1.75 bits per heavy atom. The molecule has 5 heterocycles. The summed E-state index contributed by atoms with van der Waals surface area (Å²) in [5, 5.41) is 14.4. The third-order valence-electron chi connectivity index (χ3n) is 12.5. The molecule has 3 aliphatic heterocycles. The van der Waals surface area contributed by atoms with E-state index in [1.807, 2.05) is 54.8 Å². The Balaban J connectivity index is 1.52. The minimum atomic E-state index is -3.16. The number of alkyl halides is 1. The molecule has 0 aromatic carbocycles. The van der Waals surface area contributed by atoms with Crippen molar-refractivity contribution in [2.45, 2.75) is 141 Å². The number of aromatic nitrogens is 3. The number of cyclic esters (lactones) is 1. The fraction of sp³-hybridized carbons (Fsp3) is 0.707. The van der Waals surface area contributed by atoms with Crippen LogP contribution in [0.4, 0.5) is 9.18 Å². The molecule has 3 aliphatic rings. The van der Waals surface area contributed by atoms with Gasteiger partial charge in [0, 0.05) is 50.2 Å². The summed E-state index contributed by atoms with van der Waals surface area (Å²) in [6.45, 7) is 13.2. The molecule has 2 N–H and O–H groups in total. The van der Waals surface area contributed by atoms with Crippen molar-refractivity contribution in [2.75, 3.05) is 27.7 Å². The molecular weight excluding hydrogens is 739 g/mol. The van der Waals surface area contributed by atoms with Crippen LogP contribution in [0.1, 0.15) is 74.7 Å². The van der Waals surface area contributed by atoms with E-state index in [1.54, 1.807) is 47.1 Å². The number of esters is 1. The van der Waals surface area contributed by atoms with E-state index in [4.69, 9.17) is 18.9 Å². The van der Waals surface area contributed by atoms with Crippen LogP contribution < -0.4 is 5.32 Å². The number of carbonyl (C=O) groups excluding carboxylic acids is 4. The fourth-order valence-electron chi connectivity index (χ4n) is 9.24. The van der Waals surface area contributed by atoms with E-state index in [0.29, 0.717) is 18.6 Å². The van der Waals surface area contributed by atoms with Crippen LogP contribution in [0, 0.1) is 17.8 Å². The number of aliphatic hydroxyl groups is 1. The number of Topliss-reactive ketones (excluding diaryl/α,β-unsaturated/α-hetero) is 2. The summed E-state index contributed by atoms with van der Waals surface area (Å²) < 4.78 is 43.3. The highest BCUT2D eigenvalue weighted by molar-refractivity contribution is 6.08. The molecule has 2 aromatic heterocycles. The maximum Gasteiger partial charge on any atom is 0.351 e. The number of aliphatic hydroxyl groups excluding tert-OH is 1. The van der Waals surface area contributed by atoms with Gasteiger partial charge in [-0.2, -0.15) is 0 Å². The van der Waals surface area contributed by atoms with Crippen molar-refractivity contribution in [1.29, 1.82) is 0 Å². The summed E-state index contributed by atoms with van der Waals surface area (Å²) >= 11 is 0. The van der Waals surface area contributed by atoms with Gasteiger partial charge in [0.15, 0.2) is 17.7 Å². The van der Waals surface area contributed by atoms with Crippen molar-refractivity contribution in [3.05, 3.63) is 36.8 Å². The number of urea groups is 1. The highest BCUT2D eigenvalue weighted by Gasteiger charge is 2.60. The van der Waals surface area contributed by atoms with Gasteiger partial charge in [-0.05, 0) is 73.2 Å². The number of nitrogens with zero attached hydrogens (tertiary/aromatic N) is 5. The minimum absolute atomic E-state index is 0.00665. The van der Waals surface area contributed by atoms with Crippen molar-refractivity contribution in [2.24, 2.45) is 17.8 Å². The lowest BCUT2D eigenvalue weighted by atomic mass is 9.72. The van der Waals surface area contributed by atoms with Crippen LogP contribution in [0.5, 0.6) is 0 Å². The number of imidazole rings is 1. The molecule has 0 aliphatic carbocycles. The number of pyridine rings is 1. The second kappa shape index (κ2) is 17.2. The Hall–Kier alpha value is -3.83. The highest BCUT2D eigenvalue weighted by atomic mass is 19.1. The van der Waals surface area contributed by atoms with Crippen LogP contribution in [-0.2, 0) is 39.9 Å². The Morgan fingerprint density at radius 1 is 1.07 bits per heavy atom. The summed E-state index contributed by atoms with van der Waals surface area (Å²) in [6, 6.07) is 1.96. The third kappa shape index (κ3) is 8.52. The van der Waals surface area contributed by atoms with Crippen LogP contribution in [0.15, 0.2) is 36.8 Å². The predicted octanol–water partition coefficient (Wildman–Crippen LogP) is 3.86. The lowest BCUT2D eigenvalue weighted by molar-refractivity contribution is -0.295. The lowest BCUT2D eigenvalue weighted by Gasteiger charge is -2.47. The van der Waals surface area contributed by atoms with E-state index in [2.05, 4.69) is 15.3 Å². The molecule has 0 spiro atoms. The topological polar surface area (TPSA) is 175 Å². The van der Waals surface area contributed by atoms with Crippen molar-refractivity contribution in [3.63, 3.8) is 0 Å². The zero-order valence-corrected chi connectivity index (χ0v) is 35.1. The molecule has 16 heteroatoms. The number of hydrogen-bond donors (Lipinski definition) is 2. The number of halogens is 1. The van der Waals surface area contributed by atoms with E-state index in [0.717, 1.165) is 12.4 Å². The molecule has 3 fully saturated rings. The molecule has 316 valence electrons. The van der Waals surface area contributed by atoms with Crippen LogP contribution in [0.25, 0.3) is 11.2 Å². The second-order valence-electron chi connectivity index (χ2n) is 16.9. The number of fused-ring (bicyclic) bond motifs is 2. The number of amides is 2. The van der Waals surface area contributed by atoms with Gasteiger partial charge in [0.05, 0.1) is 35.7 Å². The van der Waals surface area contributed by atoms with Crippen LogP contribution in [0.2, 0.25) is 0 Å². The van der Waals surface area contributed by atoms with Gasteiger partial charge in [-0.1, -0.05) is 39.8 Å². The minimum Gasteiger partial charge on any atom is -0.457 e. The average Bonchev–Trinajstić information content (AvgIpc) is 3.70. The number of ketones is 2. The first-order valence-electron chi connectivity index (χ1n) is 19.9. The zero-order chi connectivity index (χ0) is 42.2. The van der Waals surface area contributed by atoms with Crippen LogP contribution in [-0.4, -0.2) is 140 Å². The maximum atomic E-state index is 16.9. The smallest absolute Gasteiger partial charge is 0.351 e. The van der Waals surface area contributed by atoms with Gasteiger partial charge in [0.2, 0.25) is 0 Å². The predicted molar refractivity (Wildman–Crippen MR) is 209 cm³/mol. The number of ether oxygens (including phenoxy) is 4. The maximum absolute atomic E-state index is 16.9. The van der Waals surface area contributed by atoms with Gasteiger partial charge < -0.3 is 43.7 Å². The van der Waals surface area contributed by atoms with E-state index in [-0.39, 0.29) is 37.3 Å². The largest absolute Gasteiger partial charge is 0.457 e. The Morgan fingerprint density at radius 3 is 2.40 bits per heavy atom. The Kier molecular flexibility index (Phi) is 13.3. The molecule has 2 aromatic rings. The number of likely N-dealkylation sites (N-methyl/N-ethyl adjacent to an activating group) is 1. The summed E-state index contributed by atoms with van der Waals surface area (Å²) in [4.78, 5) is 68.9. The highest BCUT2D eigenvalue weighted by Crippen LogP contribution is 2.41. The fourth-order valence-corrected chi connectivity index (χ4v) is 9.24. The van der Waals surface area contributed by atoms with Crippen molar-refractivity contribution in [1.82, 2.24) is 29.7 Å². The molecule has 57 heavy (non-hydrogen) atoms. The standard InChI is InChI=1S/C41H61FN6O9/c1-12-29-41(8)32(48(38(53)45-41)19-14-13-18-47-22-44-27-16-15-17-43-35(27)47)25(4)30(49)23(2)21-39(6,54-11)34(26(5)33(51)40(7,42)37(52)56-29)57-36-31(50)28(46(9)10)20-24(3)55-36/h13-17,22-26,28-29,31-32,34,36,50H,12,18-21H2,1-11H3,(H,45,53)/b14-13+/t23-,24-,25+,26+,28+,29-,31-,32-,34-,36+,39+,40+,41-/m1/s1. The third-order valence-corrected chi connectivity index (χ3v) is 12.5. The summed E-state index contributed by atoms with van der Waals surface area (Å²) in [6.07, 6.45) is 2.53. The zero-order valence-electron chi connectivity index (χ0n) is 35.1. The molecule has 0 radical (unpaired) electrons. The Bertz CT molecular complexity index is 1820. The number of methoxy groups -OCH3 is 1. The summed E-state index contributed by atoms with van der Waals surface area (Å²) in [5.41, 5.74) is -4.52. The molecule has 13 atom stereocenters. The van der Waals surface area contributed by atoms with Gasteiger partial charge in [-0.15, -0.1) is 0 Å². The van der Waals surface area contributed by atoms with Gasteiger partial charge in [-0.3, -0.25) is 9.59 Å². The number of rotatable bonds is 9. The quantitative estimate of drug-likeness (QED) is 0.213. The van der Waals surface area contributed by atoms with Crippen LogP contribution >= 0.6 is 0 Å². The van der Waals surface area contributed by atoms with Crippen molar-refractivity contribution < 1.29 is 47.6 Å². The first-order chi connectivity index (χ1) is 26.7. The molecular formula is C41H61FN6O9. The van der Waals surface area contributed by atoms with E-state index < -0.39 is 83.0 Å². The van der Waals surface area contributed by atoms with Gasteiger partial charge in [0.1, 0.15) is 23.5 Å². The molecule has 5 rings (SSSR count). The van der Waals surface area contributed by atoms with Crippen LogP contribution in [0.3, 0.4) is 0 Å². The van der Waals surface area contributed by atoms with Gasteiger partial charge >= 0.3 is 12.0 Å². The second-order valence-corrected chi connectivity index (χ2v) is 16.9. The van der Waals surface area contributed by atoms with E-state index >= 15 is 4.39 Å². The molecule has 0 unspecified atom stereocenters. The van der Waals surface area contributed by atoms with E-state index in [9.17, 15) is 24.3 Å². The van der Waals surface area contributed by atoms with Gasteiger partial charge in [-0.25, -0.2) is 23.9 Å². The molecule has 15 nitrogen and oxygen atoms in total. The molecule has 0 saturated carbocycles. The number of hydrogen-bond acceptors (Lipinski definition) is 12. The molecule has 2 amide bonds. The monoisotopic (exact) mass is 800 g/mol. The lowest BCUT2D eigenvalue weighted by Crippen LogP contribution is -2.63. The molecule has 3 saturated heterocycles. The Labute approximate surface area is 334 Å².